The molecule has 90 valence electrons. The van der Waals surface area contributed by atoms with Crippen LogP contribution in [0, 0.1) is 0 Å². The zero-order valence-electron chi connectivity index (χ0n) is 9.50. The molecule has 0 aliphatic carbocycles. The van der Waals surface area contributed by atoms with Gasteiger partial charge in [0, 0.05) is 18.0 Å². The smallest absolute Gasteiger partial charge is 0.115 e. The molecule has 17 heavy (non-hydrogen) atoms. The van der Waals surface area contributed by atoms with Crippen LogP contribution in [-0.2, 0) is 6.42 Å². The summed E-state index contributed by atoms with van der Waals surface area (Å²) in [6.45, 7) is 2.11. The van der Waals surface area contributed by atoms with Crippen molar-refractivity contribution in [2.45, 2.75) is 25.8 Å². The fourth-order valence-corrected chi connectivity index (χ4v) is 2.41. The molecule has 0 amide bonds. The van der Waals surface area contributed by atoms with Gasteiger partial charge in [0.05, 0.1) is 16.6 Å². The minimum Gasteiger partial charge on any atom is -0.271 e. The Balaban J connectivity index is 2.32. The van der Waals surface area contributed by atoms with Gasteiger partial charge in [0.2, 0.25) is 0 Å². The molecular weight excluding hydrogens is 236 g/mol. The normalized spacial score (nSPS) is 12.6. The first-order valence-electron chi connectivity index (χ1n) is 5.39. The summed E-state index contributed by atoms with van der Waals surface area (Å²) in [5.41, 5.74) is 4.68. The Labute approximate surface area is 103 Å². The third-order valence-corrected chi connectivity index (χ3v) is 3.25. The van der Waals surface area contributed by atoms with Crippen LogP contribution >= 0.6 is 11.5 Å². The van der Waals surface area contributed by atoms with Crippen LogP contribution in [0.5, 0.6) is 0 Å². The van der Waals surface area contributed by atoms with Crippen molar-refractivity contribution in [3.05, 3.63) is 34.9 Å². The van der Waals surface area contributed by atoms with Crippen LogP contribution in [-0.4, -0.2) is 19.6 Å². The van der Waals surface area contributed by atoms with Crippen molar-refractivity contribution in [1.29, 1.82) is 0 Å². The molecule has 0 aliphatic rings. The van der Waals surface area contributed by atoms with Gasteiger partial charge in [0.25, 0.3) is 0 Å². The summed E-state index contributed by atoms with van der Waals surface area (Å²) in [7, 11) is 0. The van der Waals surface area contributed by atoms with E-state index in [9.17, 15) is 0 Å². The van der Waals surface area contributed by atoms with Crippen molar-refractivity contribution >= 4 is 11.5 Å². The molecule has 3 N–H and O–H groups in total. The topological polar surface area (TPSA) is 89.6 Å². The van der Waals surface area contributed by atoms with Crippen molar-refractivity contribution in [3.8, 4) is 0 Å². The third-order valence-electron chi connectivity index (χ3n) is 2.41. The van der Waals surface area contributed by atoms with Gasteiger partial charge in [-0.25, -0.2) is 15.4 Å². The first-order valence-corrected chi connectivity index (χ1v) is 6.16. The van der Waals surface area contributed by atoms with E-state index in [0.717, 1.165) is 29.0 Å². The van der Waals surface area contributed by atoms with E-state index < -0.39 is 0 Å². The van der Waals surface area contributed by atoms with Crippen LogP contribution in [0.15, 0.2) is 18.7 Å². The highest BCUT2D eigenvalue weighted by atomic mass is 32.1. The fraction of sp³-hybridized carbons (Fsp3) is 0.400. The molecule has 0 spiro atoms. The average molecular weight is 250 g/mol. The van der Waals surface area contributed by atoms with Crippen molar-refractivity contribution < 1.29 is 0 Å². The summed E-state index contributed by atoms with van der Waals surface area (Å²) < 4.78 is 3.99. The van der Waals surface area contributed by atoms with Crippen LogP contribution in [0.25, 0.3) is 0 Å². The van der Waals surface area contributed by atoms with Crippen molar-refractivity contribution in [2.75, 3.05) is 0 Å². The van der Waals surface area contributed by atoms with Crippen LogP contribution in [0.3, 0.4) is 0 Å². The summed E-state index contributed by atoms with van der Waals surface area (Å²) >= 11 is 1.36. The number of hydrazine groups is 1. The molecule has 2 heterocycles. The Hall–Kier alpha value is -1.44. The van der Waals surface area contributed by atoms with Crippen molar-refractivity contribution in [1.82, 2.24) is 25.0 Å². The maximum absolute atomic E-state index is 5.61. The molecule has 6 nitrogen and oxygen atoms in total. The maximum atomic E-state index is 5.61. The highest BCUT2D eigenvalue weighted by Crippen LogP contribution is 2.26. The van der Waals surface area contributed by atoms with E-state index in [1.54, 1.807) is 12.4 Å². The lowest BCUT2D eigenvalue weighted by Crippen LogP contribution is -2.29. The van der Waals surface area contributed by atoms with E-state index in [0.29, 0.717) is 0 Å². The lowest BCUT2D eigenvalue weighted by molar-refractivity contribution is 0.632. The van der Waals surface area contributed by atoms with Gasteiger partial charge >= 0.3 is 0 Å². The number of aromatic nitrogens is 4. The number of rotatable bonds is 5. The Morgan fingerprint density at radius 1 is 1.41 bits per heavy atom. The lowest BCUT2D eigenvalue weighted by Gasteiger charge is -2.14. The van der Waals surface area contributed by atoms with Gasteiger partial charge in [-0.15, -0.1) is 5.10 Å². The molecule has 2 aromatic rings. The summed E-state index contributed by atoms with van der Waals surface area (Å²) in [4.78, 5) is 9.02. The minimum atomic E-state index is -0.141. The minimum absolute atomic E-state index is 0.141. The second-order valence-electron chi connectivity index (χ2n) is 3.61. The number of nitrogens with zero attached hydrogens (tertiary/aromatic N) is 4. The standard InChI is InChI=1S/C10H14N6S/c1-2-3-8-10(17-16-15-8)9(14-11)7-4-12-6-13-5-7/h4-6,9,14H,2-3,11H2,1H3. The molecule has 1 unspecified atom stereocenters. The first kappa shape index (κ1) is 12.0. The molecule has 1 atom stereocenters. The molecule has 2 rings (SSSR count). The highest BCUT2D eigenvalue weighted by molar-refractivity contribution is 7.05. The Morgan fingerprint density at radius 2 is 2.18 bits per heavy atom. The van der Waals surface area contributed by atoms with Crippen molar-refractivity contribution in [3.63, 3.8) is 0 Å². The number of hydrogen-bond acceptors (Lipinski definition) is 7. The van der Waals surface area contributed by atoms with Gasteiger partial charge in [-0.2, -0.15) is 0 Å². The Kier molecular flexibility index (Phi) is 4.08. The SMILES string of the molecule is CCCc1nnsc1C(NN)c1cncnc1. The molecule has 0 fully saturated rings. The second-order valence-corrected chi connectivity index (χ2v) is 4.39. The molecular formula is C10H14N6S. The Morgan fingerprint density at radius 3 is 2.82 bits per heavy atom. The number of hydrogen-bond donors (Lipinski definition) is 2. The number of nitrogens with one attached hydrogen (secondary N) is 1. The van der Waals surface area contributed by atoms with E-state index >= 15 is 0 Å². The van der Waals surface area contributed by atoms with Gasteiger partial charge in [-0.05, 0) is 18.0 Å². The molecule has 0 aliphatic heterocycles. The molecule has 0 bridgehead atoms. The van der Waals surface area contributed by atoms with Crippen LogP contribution in [0.4, 0.5) is 0 Å². The molecule has 7 heteroatoms. The largest absolute Gasteiger partial charge is 0.271 e. The third kappa shape index (κ3) is 2.63. The number of aryl methyl sites for hydroxylation is 1. The van der Waals surface area contributed by atoms with Gasteiger partial charge in [0.15, 0.2) is 0 Å². The summed E-state index contributed by atoms with van der Waals surface area (Å²) in [6, 6.07) is -0.141. The Bertz CT molecular complexity index is 457. The first-order chi connectivity index (χ1) is 8.36. The van der Waals surface area contributed by atoms with Gasteiger partial charge in [-0.1, -0.05) is 17.8 Å². The second kappa shape index (κ2) is 5.76. The zero-order valence-corrected chi connectivity index (χ0v) is 10.3. The fourth-order valence-electron chi connectivity index (χ4n) is 1.63. The monoisotopic (exact) mass is 250 g/mol. The predicted octanol–water partition coefficient (Wildman–Crippen LogP) is 0.833. The molecule has 2 aromatic heterocycles. The van der Waals surface area contributed by atoms with Gasteiger partial charge in [0.1, 0.15) is 6.33 Å². The van der Waals surface area contributed by atoms with E-state index in [4.69, 9.17) is 5.84 Å². The maximum Gasteiger partial charge on any atom is 0.115 e. The molecule has 0 saturated heterocycles. The molecule has 0 saturated carbocycles. The number of nitrogens with two attached hydrogens (primary N) is 1. The van der Waals surface area contributed by atoms with E-state index in [2.05, 4.69) is 31.9 Å². The van der Waals surface area contributed by atoms with Crippen molar-refractivity contribution in [2.24, 2.45) is 5.84 Å². The predicted molar refractivity (Wildman–Crippen MR) is 65.1 cm³/mol. The van der Waals surface area contributed by atoms with Crippen LogP contribution in [0.2, 0.25) is 0 Å². The summed E-state index contributed by atoms with van der Waals surface area (Å²) in [6.07, 6.45) is 6.91. The molecule has 0 radical (unpaired) electrons. The molecule has 0 aromatic carbocycles. The van der Waals surface area contributed by atoms with Crippen LogP contribution < -0.4 is 11.3 Å². The highest BCUT2D eigenvalue weighted by Gasteiger charge is 2.19. The zero-order chi connectivity index (χ0) is 12.1. The van der Waals surface area contributed by atoms with E-state index in [1.807, 2.05) is 0 Å². The van der Waals surface area contributed by atoms with E-state index in [1.165, 1.54) is 17.9 Å². The van der Waals surface area contributed by atoms with Crippen LogP contribution in [0.1, 0.15) is 35.5 Å². The lowest BCUT2D eigenvalue weighted by atomic mass is 10.1. The quantitative estimate of drug-likeness (QED) is 0.603. The summed E-state index contributed by atoms with van der Waals surface area (Å²) in [5, 5.41) is 4.13. The van der Waals surface area contributed by atoms with Gasteiger partial charge < -0.3 is 0 Å². The van der Waals surface area contributed by atoms with Gasteiger partial charge in [-0.3, -0.25) is 5.84 Å². The average Bonchev–Trinajstić information content (AvgIpc) is 2.81. The van der Waals surface area contributed by atoms with E-state index in [-0.39, 0.29) is 6.04 Å². The summed E-state index contributed by atoms with van der Waals surface area (Å²) in [5.74, 6) is 5.61.